The summed E-state index contributed by atoms with van der Waals surface area (Å²) in [7, 11) is -3.08. The Labute approximate surface area is 197 Å². The van der Waals surface area contributed by atoms with E-state index in [9.17, 15) is 8.42 Å². The molecule has 1 aromatic carbocycles. The first-order valence-corrected chi connectivity index (χ1v) is 12.2. The Bertz CT molecular complexity index is 920. The summed E-state index contributed by atoms with van der Waals surface area (Å²) in [6, 6.07) is 8.62. The number of fused-ring (bicyclic) bond motifs is 1. The van der Waals surface area contributed by atoms with Crippen LogP contribution in [0.4, 0.5) is 0 Å². The molecule has 0 spiro atoms. The predicted octanol–water partition coefficient (Wildman–Crippen LogP) is 3.09. The van der Waals surface area contributed by atoms with Crippen LogP contribution >= 0.6 is 24.0 Å². The van der Waals surface area contributed by atoms with Crippen LogP contribution in [0.1, 0.15) is 38.7 Å². The Balaban J connectivity index is 0.00000320. The molecule has 3 rings (SSSR count). The van der Waals surface area contributed by atoms with Crippen molar-refractivity contribution < 1.29 is 8.42 Å². The Kier molecular flexibility index (Phi) is 9.89. The van der Waals surface area contributed by atoms with Gasteiger partial charge >= 0.3 is 0 Å². The molecule has 0 radical (unpaired) electrons. The molecule has 0 unspecified atom stereocenters. The van der Waals surface area contributed by atoms with Gasteiger partial charge in [0.25, 0.3) is 0 Å². The molecule has 7 nitrogen and oxygen atoms in total. The fourth-order valence-corrected chi connectivity index (χ4v) is 4.91. The zero-order valence-electron chi connectivity index (χ0n) is 17.9. The van der Waals surface area contributed by atoms with Crippen molar-refractivity contribution in [2.75, 3.05) is 31.9 Å². The molecule has 1 aliphatic heterocycles. The summed E-state index contributed by atoms with van der Waals surface area (Å²) in [5.41, 5.74) is 2.51. The van der Waals surface area contributed by atoms with Crippen LogP contribution in [0.5, 0.6) is 0 Å². The summed E-state index contributed by atoms with van der Waals surface area (Å²) in [6.45, 7) is 6.46. The molecule has 1 aliphatic rings. The van der Waals surface area contributed by atoms with Crippen molar-refractivity contribution in [3.8, 4) is 0 Å². The molecular weight excluding hydrogens is 513 g/mol. The number of aromatic amines is 1. The van der Waals surface area contributed by atoms with Crippen LogP contribution in [0.2, 0.25) is 0 Å². The van der Waals surface area contributed by atoms with Crippen LogP contribution in [0.25, 0.3) is 10.9 Å². The zero-order valence-corrected chi connectivity index (χ0v) is 21.0. The summed E-state index contributed by atoms with van der Waals surface area (Å²) in [5.74, 6) is 0.995. The number of piperidine rings is 1. The number of guanidine groups is 1. The Morgan fingerprint density at radius 1 is 1.23 bits per heavy atom. The molecular formula is C21H34IN5O2S. The maximum atomic E-state index is 12.0. The van der Waals surface area contributed by atoms with E-state index in [2.05, 4.69) is 46.9 Å². The van der Waals surface area contributed by atoms with E-state index in [1.54, 1.807) is 11.2 Å². The average molecular weight is 548 g/mol. The number of aliphatic imine (C=N–C) groups is 1. The van der Waals surface area contributed by atoms with Crippen LogP contribution in [0.15, 0.2) is 35.5 Å². The number of rotatable bonds is 8. The lowest BCUT2D eigenvalue weighted by Gasteiger charge is -2.32. The molecule has 2 aromatic rings. The number of nitrogens with zero attached hydrogens (tertiary/aromatic N) is 2. The van der Waals surface area contributed by atoms with Crippen LogP contribution in [-0.2, 0) is 16.4 Å². The highest BCUT2D eigenvalue weighted by Gasteiger charge is 2.26. The maximum Gasteiger partial charge on any atom is 0.213 e. The molecule has 30 heavy (non-hydrogen) atoms. The summed E-state index contributed by atoms with van der Waals surface area (Å²) < 4.78 is 25.6. The topological polar surface area (TPSA) is 89.6 Å². The third kappa shape index (κ3) is 6.58. The monoisotopic (exact) mass is 547 g/mol. The highest BCUT2D eigenvalue weighted by Crippen LogP contribution is 2.19. The first kappa shape index (κ1) is 24.9. The minimum Gasteiger partial charge on any atom is -0.361 e. The van der Waals surface area contributed by atoms with Gasteiger partial charge in [0, 0.05) is 49.3 Å². The van der Waals surface area contributed by atoms with Crippen LogP contribution < -0.4 is 10.6 Å². The van der Waals surface area contributed by atoms with Crippen molar-refractivity contribution in [3.05, 3.63) is 36.0 Å². The third-order valence-corrected chi connectivity index (χ3v) is 7.33. The average Bonchev–Trinajstić information content (AvgIpc) is 3.15. The Hall–Kier alpha value is -1.33. The number of para-hydroxylation sites is 1. The van der Waals surface area contributed by atoms with Gasteiger partial charge in [-0.05, 0) is 51.2 Å². The van der Waals surface area contributed by atoms with E-state index in [0.29, 0.717) is 13.1 Å². The van der Waals surface area contributed by atoms with Crippen molar-refractivity contribution in [2.45, 2.75) is 45.6 Å². The molecule has 1 aromatic heterocycles. The smallest absolute Gasteiger partial charge is 0.213 e. The fraction of sp³-hybridized carbons (Fsp3) is 0.571. The Morgan fingerprint density at radius 2 is 1.97 bits per heavy atom. The molecule has 0 atom stereocenters. The van der Waals surface area contributed by atoms with E-state index in [0.717, 1.165) is 44.7 Å². The SMILES string of the molecule is CCNC(=NCCCc1c[nH]c2ccccc12)NC1CCN(S(=O)(=O)CC)CC1.I. The van der Waals surface area contributed by atoms with Crippen molar-refractivity contribution in [1.29, 1.82) is 0 Å². The third-order valence-electron chi connectivity index (χ3n) is 5.45. The number of aryl methyl sites for hydroxylation is 1. The van der Waals surface area contributed by atoms with Gasteiger partial charge in [0.2, 0.25) is 10.0 Å². The molecule has 1 fully saturated rings. The second-order valence-corrected chi connectivity index (χ2v) is 9.70. The largest absolute Gasteiger partial charge is 0.361 e. The van der Waals surface area contributed by atoms with Gasteiger partial charge in [0.05, 0.1) is 5.75 Å². The van der Waals surface area contributed by atoms with Gasteiger partial charge < -0.3 is 15.6 Å². The fourth-order valence-electron chi connectivity index (χ4n) is 3.77. The first-order chi connectivity index (χ1) is 14.0. The minimum absolute atomic E-state index is 0. The lowest BCUT2D eigenvalue weighted by atomic mass is 10.1. The van der Waals surface area contributed by atoms with Gasteiger partial charge in [-0.15, -0.1) is 24.0 Å². The minimum atomic E-state index is -3.08. The van der Waals surface area contributed by atoms with Crippen LogP contribution in [0, 0.1) is 0 Å². The van der Waals surface area contributed by atoms with Crippen molar-refractivity contribution in [1.82, 2.24) is 19.9 Å². The summed E-state index contributed by atoms with van der Waals surface area (Å²) >= 11 is 0. The second-order valence-electron chi connectivity index (χ2n) is 7.44. The predicted molar refractivity (Wildman–Crippen MR) is 135 cm³/mol. The van der Waals surface area contributed by atoms with E-state index in [1.807, 2.05) is 6.07 Å². The zero-order chi connectivity index (χ0) is 20.7. The van der Waals surface area contributed by atoms with Crippen LogP contribution in [-0.4, -0.2) is 61.6 Å². The maximum absolute atomic E-state index is 12.0. The molecule has 0 aliphatic carbocycles. The van der Waals surface area contributed by atoms with Gasteiger partial charge in [-0.1, -0.05) is 18.2 Å². The van der Waals surface area contributed by atoms with E-state index in [4.69, 9.17) is 4.99 Å². The van der Waals surface area contributed by atoms with Crippen molar-refractivity contribution >= 4 is 50.9 Å². The van der Waals surface area contributed by atoms with Gasteiger partial charge in [-0.25, -0.2) is 12.7 Å². The molecule has 9 heteroatoms. The first-order valence-electron chi connectivity index (χ1n) is 10.6. The van der Waals surface area contributed by atoms with Gasteiger partial charge in [-0.2, -0.15) is 0 Å². The standard InChI is InChI=1S/C21H33N5O2S.HI/c1-3-22-21(25-18-11-14-26(15-12-18)29(27,28)4-2)23-13-7-8-17-16-24-20-10-6-5-9-19(17)20;/h5-6,9-10,16,18,24H,3-4,7-8,11-15H2,1-2H3,(H2,22,23,25);1H. The lowest BCUT2D eigenvalue weighted by Crippen LogP contribution is -2.50. The summed E-state index contributed by atoms with van der Waals surface area (Å²) in [5, 5.41) is 8.08. The Morgan fingerprint density at radius 3 is 2.67 bits per heavy atom. The number of H-pyrrole nitrogens is 1. The molecule has 2 heterocycles. The van der Waals surface area contributed by atoms with Gasteiger partial charge in [-0.3, -0.25) is 4.99 Å². The summed E-state index contributed by atoms with van der Waals surface area (Å²) in [4.78, 5) is 8.05. The second kappa shape index (κ2) is 11.9. The number of hydrogen-bond donors (Lipinski definition) is 3. The number of halogens is 1. The van der Waals surface area contributed by atoms with Crippen LogP contribution in [0.3, 0.4) is 0 Å². The van der Waals surface area contributed by atoms with E-state index in [1.165, 1.54) is 16.5 Å². The van der Waals surface area contributed by atoms with E-state index in [-0.39, 0.29) is 35.8 Å². The van der Waals surface area contributed by atoms with E-state index < -0.39 is 10.0 Å². The number of benzene rings is 1. The highest BCUT2D eigenvalue weighted by molar-refractivity contribution is 14.0. The van der Waals surface area contributed by atoms with Gasteiger partial charge in [0.1, 0.15) is 0 Å². The number of aromatic nitrogens is 1. The normalized spacial score (nSPS) is 16.4. The van der Waals surface area contributed by atoms with E-state index >= 15 is 0 Å². The molecule has 0 bridgehead atoms. The van der Waals surface area contributed by atoms with Gasteiger partial charge in [0.15, 0.2) is 5.96 Å². The molecule has 168 valence electrons. The lowest BCUT2D eigenvalue weighted by molar-refractivity contribution is 0.306. The summed E-state index contributed by atoms with van der Waals surface area (Å²) in [6.07, 6.45) is 5.67. The van der Waals surface area contributed by atoms with Crippen molar-refractivity contribution in [2.24, 2.45) is 4.99 Å². The molecule has 3 N–H and O–H groups in total. The number of nitrogens with one attached hydrogen (secondary N) is 3. The molecule has 0 amide bonds. The number of hydrogen-bond acceptors (Lipinski definition) is 3. The molecule has 1 saturated heterocycles. The molecule has 0 saturated carbocycles. The van der Waals surface area contributed by atoms with Crippen molar-refractivity contribution in [3.63, 3.8) is 0 Å². The number of sulfonamides is 1. The highest BCUT2D eigenvalue weighted by atomic mass is 127. The quantitative estimate of drug-likeness (QED) is 0.205.